The summed E-state index contributed by atoms with van der Waals surface area (Å²) in [5.74, 6) is 2.11. The first kappa shape index (κ1) is 15.8. The van der Waals surface area contributed by atoms with Crippen LogP contribution in [0.5, 0.6) is 0 Å². The van der Waals surface area contributed by atoms with Gasteiger partial charge in [0.15, 0.2) is 0 Å². The fraction of sp³-hybridized carbons (Fsp3) is 0.800. The Hall–Kier alpha value is -1.59. The summed E-state index contributed by atoms with van der Waals surface area (Å²) in [5.41, 5.74) is 0. The molecule has 1 saturated heterocycles. The summed E-state index contributed by atoms with van der Waals surface area (Å²) in [6, 6.07) is 0.381. The molecule has 1 aliphatic heterocycles. The molecule has 2 N–H and O–H groups in total. The second-order valence-electron chi connectivity index (χ2n) is 5.77. The third-order valence-corrected chi connectivity index (χ3v) is 3.85. The molecule has 0 bridgehead atoms. The van der Waals surface area contributed by atoms with E-state index < -0.39 is 0 Å². The molecule has 1 atom stereocenters. The highest BCUT2D eigenvalue weighted by Crippen LogP contribution is 2.19. The zero-order valence-electron chi connectivity index (χ0n) is 13.5. The minimum Gasteiger partial charge on any atom is -0.357 e. The number of anilines is 3. The third-order valence-electron chi connectivity index (χ3n) is 3.85. The highest BCUT2D eigenvalue weighted by molar-refractivity contribution is 5.44. The van der Waals surface area contributed by atoms with E-state index in [4.69, 9.17) is 0 Å². The van der Waals surface area contributed by atoms with Gasteiger partial charge in [0.05, 0.1) is 0 Å². The molecule has 0 spiro atoms. The number of nitrogens with zero attached hydrogens (tertiary/aromatic N) is 4. The minimum atomic E-state index is 0.381. The van der Waals surface area contributed by atoms with E-state index in [1.54, 1.807) is 0 Å². The van der Waals surface area contributed by atoms with Crippen molar-refractivity contribution in [3.05, 3.63) is 0 Å². The maximum absolute atomic E-state index is 4.61. The summed E-state index contributed by atoms with van der Waals surface area (Å²) < 4.78 is 0. The van der Waals surface area contributed by atoms with Crippen LogP contribution in [-0.4, -0.2) is 41.1 Å². The van der Waals surface area contributed by atoms with E-state index in [9.17, 15) is 0 Å². The molecule has 2 heterocycles. The Bertz CT molecular complexity index is 430. The van der Waals surface area contributed by atoms with Crippen molar-refractivity contribution < 1.29 is 0 Å². The van der Waals surface area contributed by atoms with Crippen LogP contribution in [0.4, 0.5) is 17.8 Å². The molecule has 1 aromatic rings. The van der Waals surface area contributed by atoms with Crippen molar-refractivity contribution in [2.45, 2.75) is 58.4 Å². The minimum absolute atomic E-state index is 0.381. The van der Waals surface area contributed by atoms with Crippen LogP contribution in [0.2, 0.25) is 0 Å². The fourth-order valence-electron chi connectivity index (χ4n) is 2.58. The summed E-state index contributed by atoms with van der Waals surface area (Å²) in [4.78, 5) is 15.8. The number of unbranched alkanes of at least 4 members (excludes halogenated alkanes) is 1. The van der Waals surface area contributed by atoms with Gasteiger partial charge in [0, 0.05) is 26.2 Å². The molecule has 21 heavy (non-hydrogen) atoms. The molecule has 118 valence electrons. The van der Waals surface area contributed by atoms with Crippen LogP contribution >= 0.6 is 0 Å². The quantitative estimate of drug-likeness (QED) is 0.805. The van der Waals surface area contributed by atoms with Gasteiger partial charge in [-0.15, -0.1) is 0 Å². The molecule has 0 aromatic carbocycles. The van der Waals surface area contributed by atoms with Crippen molar-refractivity contribution in [1.29, 1.82) is 0 Å². The standard InChI is InChI=1S/C15H28N6/c1-4-5-9-12(2)17-14-18-13(16-3)19-15(20-14)21-10-7-6-8-11-21/h12H,4-11H2,1-3H3,(H2,16,17,18,19,20). The molecule has 1 aliphatic rings. The molecule has 0 radical (unpaired) electrons. The second-order valence-corrected chi connectivity index (χ2v) is 5.77. The van der Waals surface area contributed by atoms with Crippen molar-refractivity contribution in [2.75, 3.05) is 35.7 Å². The predicted octanol–water partition coefficient (Wildman–Crippen LogP) is 2.89. The Morgan fingerprint density at radius 1 is 1.10 bits per heavy atom. The van der Waals surface area contributed by atoms with Crippen molar-refractivity contribution >= 4 is 17.8 Å². The SMILES string of the molecule is CCCCC(C)Nc1nc(NC)nc(N2CCCCC2)n1. The van der Waals surface area contributed by atoms with Crippen molar-refractivity contribution in [3.63, 3.8) is 0 Å². The molecule has 0 saturated carbocycles. The van der Waals surface area contributed by atoms with E-state index in [0.29, 0.717) is 17.9 Å². The molecule has 6 heteroatoms. The van der Waals surface area contributed by atoms with E-state index in [1.807, 2.05) is 7.05 Å². The molecule has 2 rings (SSSR count). The Morgan fingerprint density at radius 3 is 2.48 bits per heavy atom. The van der Waals surface area contributed by atoms with Gasteiger partial charge in [-0.3, -0.25) is 0 Å². The Balaban J connectivity index is 2.09. The van der Waals surface area contributed by atoms with Gasteiger partial charge in [-0.25, -0.2) is 0 Å². The molecule has 0 amide bonds. The van der Waals surface area contributed by atoms with Gasteiger partial charge in [0.25, 0.3) is 0 Å². The third kappa shape index (κ3) is 4.72. The zero-order valence-corrected chi connectivity index (χ0v) is 13.5. The zero-order chi connectivity index (χ0) is 15.1. The van der Waals surface area contributed by atoms with Crippen LogP contribution in [-0.2, 0) is 0 Å². The van der Waals surface area contributed by atoms with Gasteiger partial charge in [-0.05, 0) is 32.6 Å². The van der Waals surface area contributed by atoms with Crippen LogP contribution < -0.4 is 15.5 Å². The van der Waals surface area contributed by atoms with Crippen molar-refractivity contribution in [3.8, 4) is 0 Å². The van der Waals surface area contributed by atoms with Crippen LogP contribution in [0, 0.1) is 0 Å². The first-order chi connectivity index (χ1) is 10.2. The number of aromatic nitrogens is 3. The lowest BCUT2D eigenvalue weighted by Crippen LogP contribution is -2.31. The number of nitrogens with one attached hydrogen (secondary N) is 2. The average molecular weight is 292 g/mol. The van der Waals surface area contributed by atoms with Crippen molar-refractivity contribution in [1.82, 2.24) is 15.0 Å². The highest BCUT2D eigenvalue weighted by Gasteiger charge is 2.16. The Kier molecular flexibility index (Phi) is 6.02. The number of rotatable bonds is 7. The number of hydrogen-bond donors (Lipinski definition) is 2. The first-order valence-electron chi connectivity index (χ1n) is 8.18. The van der Waals surface area contributed by atoms with Gasteiger partial charge >= 0.3 is 0 Å². The summed E-state index contributed by atoms with van der Waals surface area (Å²) in [7, 11) is 1.85. The lowest BCUT2D eigenvalue weighted by atomic mass is 10.1. The van der Waals surface area contributed by atoms with E-state index in [0.717, 1.165) is 25.5 Å². The van der Waals surface area contributed by atoms with Gasteiger partial charge in [-0.2, -0.15) is 15.0 Å². The van der Waals surface area contributed by atoms with E-state index in [-0.39, 0.29) is 0 Å². The van der Waals surface area contributed by atoms with Crippen molar-refractivity contribution in [2.24, 2.45) is 0 Å². The largest absolute Gasteiger partial charge is 0.357 e. The number of piperidine rings is 1. The van der Waals surface area contributed by atoms with Crippen LogP contribution in [0.25, 0.3) is 0 Å². The van der Waals surface area contributed by atoms with Gasteiger partial charge in [0.2, 0.25) is 17.8 Å². The maximum Gasteiger partial charge on any atom is 0.231 e. The normalized spacial score (nSPS) is 16.6. The van der Waals surface area contributed by atoms with Gasteiger partial charge < -0.3 is 15.5 Å². The molecule has 0 aliphatic carbocycles. The van der Waals surface area contributed by atoms with Gasteiger partial charge in [-0.1, -0.05) is 19.8 Å². The second kappa shape index (κ2) is 8.00. The average Bonchev–Trinajstić information content (AvgIpc) is 2.53. The molecule has 6 nitrogen and oxygen atoms in total. The molecule has 1 aromatic heterocycles. The summed E-state index contributed by atoms with van der Waals surface area (Å²) in [6.45, 7) is 6.47. The summed E-state index contributed by atoms with van der Waals surface area (Å²) >= 11 is 0. The van der Waals surface area contributed by atoms with E-state index >= 15 is 0 Å². The number of hydrogen-bond acceptors (Lipinski definition) is 6. The molecular formula is C15H28N6. The Labute approximate surface area is 127 Å². The van der Waals surface area contributed by atoms with Crippen LogP contribution in [0.15, 0.2) is 0 Å². The molecular weight excluding hydrogens is 264 g/mol. The van der Waals surface area contributed by atoms with Crippen LogP contribution in [0.3, 0.4) is 0 Å². The monoisotopic (exact) mass is 292 g/mol. The smallest absolute Gasteiger partial charge is 0.231 e. The molecule has 1 fully saturated rings. The maximum atomic E-state index is 4.61. The topological polar surface area (TPSA) is 66.0 Å². The lowest BCUT2D eigenvalue weighted by molar-refractivity contribution is 0.567. The summed E-state index contributed by atoms with van der Waals surface area (Å²) in [5, 5.41) is 6.44. The fourth-order valence-corrected chi connectivity index (χ4v) is 2.58. The summed E-state index contributed by atoms with van der Waals surface area (Å²) in [6.07, 6.45) is 7.31. The molecule has 1 unspecified atom stereocenters. The Morgan fingerprint density at radius 2 is 1.81 bits per heavy atom. The van der Waals surface area contributed by atoms with E-state index in [1.165, 1.54) is 32.1 Å². The predicted molar refractivity (Wildman–Crippen MR) is 88.0 cm³/mol. The lowest BCUT2D eigenvalue weighted by Gasteiger charge is -2.27. The van der Waals surface area contributed by atoms with Crippen LogP contribution in [0.1, 0.15) is 52.4 Å². The van der Waals surface area contributed by atoms with E-state index in [2.05, 4.69) is 44.3 Å². The van der Waals surface area contributed by atoms with Gasteiger partial charge in [0.1, 0.15) is 0 Å². The highest BCUT2D eigenvalue weighted by atomic mass is 15.3. The first-order valence-corrected chi connectivity index (χ1v) is 8.18.